The number of benzene rings is 2. The Morgan fingerprint density at radius 3 is 2.76 bits per heavy atom. The van der Waals surface area contributed by atoms with Crippen LogP contribution in [0.25, 0.3) is 0 Å². The van der Waals surface area contributed by atoms with Crippen LogP contribution in [0.5, 0.6) is 5.75 Å². The number of pyridine rings is 1. The van der Waals surface area contributed by atoms with Gasteiger partial charge < -0.3 is 10.1 Å². The van der Waals surface area contributed by atoms with Crippen molar-refractivity contribution in [2.24, 2.45) is 0 Å². The largest absolute Gasteiger partial charge is 0.485 e. The van der Waals surface area contributed by atoms with E-state index in [0.29, 0.717) is 18.2 Å². The summed E-state index contributed by atoms with van der Waals surface area (Å²) in [5, 5.41) is 2.66. The third-order valence-electron chi connectivity index (χ3n) is 3.73. The summed E-state index contributed by atoms with van der Waals surface area (Å²) in [6.45, 7) is 2.37. The number of nitrogens with zero attached hydrogens (tertiary/aromatic N) is 1. The lowest BCUT2D eigenvalue weighted by Gasteiger charge is -2.12. The maximum atomic E-state index is 13.3. The Morgan fingerprint density at radius 2 is 1.96 bits per heavy atom. The maximum Gasteiger partial charge on any atom is 0.257 e. The monoisotopic (exact) mass is 336 g/mol. The number of aromatic nitrogens is 1. The number of hydrogen-bond acceptors (Lipinski definition) is 3. The van der Waals surface area contributed by atoms with Crippen molar-refractivity contribution in [3.05, 3.63) is 89.4 Å². The predicted molar refractivity (Wildman–Crippen MR) is 94.1 cm³/mol. The van der Waals surface area contributed by atoms with Gasteiger partial charge in [0.05, 0.1) is 0 Å². The summed E-state index contributed by atoms with van der Waals surface area (Å²) >= 11 is 0. The highest BCUT2D eigenvalue weighted by Gasteiger charge is 2.12. The number of anilines is 1. The smallest absolute Gasteiger partial charge is 0.257 e. The van der Waals surface area contributed by atoms with E-state index in [0.717, 1.165) is 11.1 Å². The van der Waals surface area contributed by atoms with Crippen LogP contribution < -0.4 is 10.1 Å². The van der Waals surface area contributed by atoms with Crippen LogP contribution >= 0.6 is 0 Å². The minimum absolute atomic E-state index is 0.218. The number of halogens is 1. The highest BCUT2D eigenvalue weighted by molar-refractivity contribution is 6.04. The lowest BCUT2D eigenvalue weighted by molar-refractivity contribution is 0.102. The molecule has 0 aliphatic heterocycles. The summed E-state index contributed by atoms with van der Waals surface area (Å²) in [7, 11) is 0. The van der Waals surface area contributed by atoms with E-state index < -0.39 is 11.7 Å². The molecule has 0 radical (unpaired) electrons. The molecule has 0 saturated heterocycles. The number of ether oxygens (including phenoxy) is 1. The molecule has 0 aliphatic rings. The highest BCUT2D eigenvalue weighted by atomic mass is 19.1. The fraction of sp³-hybridized carbons (Fsp3) is 0.100. The van der Waals surface area contributed by atoms with Crippen LogP contribution in [0.2, 0.25) is 0 Å². The Hall–Kier alpha value is -3.21. The minimum atomic E-state index is -0.468. The molecule has 2 aromatic carbocycles. The molecule has 25 heavy (non-hydrogen) atoms. The number of nitrogens with one attached hydrogen (secondary N) is 1. The molecule has 1 N–H and O–H groups in total. The van der Waals surface area contributed by atoms with E-state index in [1.165, 1.54) is 24.3 Å². The van der Waals surface area contributed by atoms with Crippen molar-refractivity contribution in [2.75, 3.05) is 5.32 Å². The quantitative estimate of drug-likeness (QED) is 0.753. The van der Waals surface area contributed by atoms with E-state index in [-0.39, 0.29) is 5.56 Å². The molecule has 0 unspecified atom stereocenters. The Balaban J connectivity index is 1.75. The van der Waals surface area contributed by atoms with Crippen LogP contribution in [0, 0.1) is 12.7 Å². The van der Waals surface area contributed by atoms with Crippen molar-refractivity contribution in [1.29, 1.82) is 0 Å². The van der Waals surface area contributed by atoms with Gasteiger partial charge in [0.2, 0.25) is 0 Å². The van der Waals surface area contributed by atoms with Crippen molar-refractivity contribution in [3.63, 3.8) is 0 Å². The molecule has 0 atom stereocenters. The third kappa shape index (κ3) is 4.20. The van der Waals surface area contributed by atoms with E-state index in [4.69, 9.17) is 4.74 Å². The lowest BCUT2D eigenvalue weighted by atomic mass is 10.1. The predicted octanol–water partition coefficient (Wildman–Crippen LogP) is 4.36. The standard InChI is InChI=1S/C20H17FN2O2/c1-14-6-2-3-7-16(14)13-25-18-10-5-11-22-19(18)23-20(24)15-8-4-9-17(21)12-15/h2-12H,13H2,1H3,(H,22,23,24). The van der Waals surface area contributed by atoms with Gasteiger partial charge in [-0.05, 0) is 48.4 Å². The van der Waals surface area contributed by atoms with Gasteiger partial charge in [0.1, 0.15) is 12.4 Å². The molecule has 0 aliphatic carbocycles. The zero-order chi connectivity index (χ0) is 17.6. The average molecular weight is 336 g/mol. The van der Waals surface area contributed by atoms with Crippen LogP contribution in [0.1, 0.15) is 21.5 Å². The van der Waals surface area contributed by atoms with Crippen molar-refractivity contribution >= 4 is 11.7 Å². The average Bonchev–Trinajstić information content (AvgIpc) is 2.62. The maximum absolute atomic E-state index is 13.3. The number of hydrogen-bond donors (Lipinski definition) is 1. The number of carbonyl (C=O) groups is 1. The fourth-order valence-corrected chi connectivity index (χ4v) is 2.34. The Bertz CT molecular complexity index is 896. The molecule has 0 bridgehead atoms. The highest BCUT2D eigenvalue weighted by Crippen LogP contribution is 2.23. The molecule has 0 fully saturated rings. The number of aryl methyl sites for hydroxylation is 1. The van der Waals surface area contributed by atoms with E-state index in [9.17, 15) is 9.18 Å². The Kier molecular flexibility index (Phi) is 5.04. The summed E-state index contributed by atoms with van der Waals surface area (Å²) in [5.74, 6) is -0.163. The lowest BCUT2D eigenvalue weighted by Crippen LogP contribution is -2.14. The second-order valence-electron chi connectivity index (χ2n) is 5.53. The second kappa shape index (κ2) is 7.57. The summed E-state index contributed by atoms with van der Waals surface area (Å²) < 4.78 is 19.1. The molecule has 3 aromatic rings. The van der Waals surface area contributed by atoms with Gasteiger partial charge in [-0.3, -0.25) is 4.79 Å². The molecule has 0 saturated carbocycles. The van der Waals surface area contributed by atoms with Gasteiger partial charge in [-0.1, -0.05) is 30.3 Å². The summed E-state index contributed by atoms with van der Waals surface area (Å²) in [6.07, 6.45) is 1.56. The van der Waals surface area contributed by atoms with Crippen LogP contribution in [-0.4, -0.2) is 10.9 Å². The van der Waals surface area contributed by atoms with Gasteiger partial charge in [-0.2, -0.15) is 0 Å². The number of carbonyl (C=O) groups excluding carboxylic acids is 1. The molecular formula is C20H17FN2O2. The molecule has 126 valence electrons. The van der Waals surface area contributed by atoms with Gasteiger partial charge in [0, 0.05) is 11.8 Å². The van der Waals surface area contributed by atoms with Crippen LogP contribution in [0.15, 0.2) is 66.9 Å². The van der Waals surface area contributed by atoms with Crippen molar-refractivity contribution in [3.8, 4) is 5.75 Å². The van der Waals surface area contributed by atoms with E-state index in [2.05, 4.69) is 10.3 Å². The molecule has 3 rings (SSSR count). The zero-order valence-corrected chi connectivity index (χ0v) is 13.7. The van der Waals surface area contributed by atoms with Gasteiger partial charge in [-0.25, -0.2) is 9.37 Å². The van der Waals surface area contributed by atoms with Crippen LogP contribution in [-0.2, 0) is 6.61 Å². The van der Waals surface area contributed by atoms with Crippen molar-refractivity contribution in [1.82, 2.24) is 4.98 Å². The van der Waals surface area contributed by atoms with Gasteiger partial charge in [-0.15, -0.1) is 0 Å². The minimum Gasteiger partial charge on any atom is -0.485 e. The molecule has 1 amide bonds. The second-order valence-corrected chi connectivity index (χ2v) is 5.53. The normalized spacial score (nSPS) is 10.3. The van der Waals surface area contributed by atoms with E-state index in [1.54, 1.807) is 18.3 Å². The first-order chi connectivity index (χ1) is 12.1. The molecule has 1 aromatic heterocycles. The first kappa shape index (κ1) is 16.6. The molecule has 1 heterocycles. The van der Waals surface area contributed by atoms with Gasteiger partial charge in [0.15, 0.2) is 11.6 Å². The molecular weight excluding hydrogens is 319 g/mol. The van der Waals surface area contributed by atoms with Crippen molar-refractivity contribution < 1.29 is 13.9 Å². The Morgan fingerprint density at radius 1 is 1.12 bits per heavy atom. The SMILES string of the molecule is Cc1ccccc1COc1cccnc1NC(=O)c1cccc(F)c1. The summed E-state index contributed by atoms with van der Waals surface area (Å²) in [6, 6.07) is 16.8. The van der Waals surface area contributed by atoms with Gasteiger partial charge in [0.25, 0.3) is 5.91 Å². The first-order valence-corrected chi connectivity index (χ1v) is 7.83. The summed E-state index contributed by atoms with van der Waals surface area (Å²) in [4.78, 5) is 16.4. The zero-order valence-electron chi connectivity index (χ0n) is 13.7. The molecule has 5 heteroatoms. The molecule has 0 spiro atoms. The fourth-order valence-electron chi connectivity index (χ4n) is 2.34. The van der Waals surface area contributed by atoms with Gasteiger partial charge >= 0.3 is 0 Å². The van der Waals surface area contributed by atoms with E-state index in [1.807, 2.05) is 31.2 Å². The number of rotatable bonds is 5. The topological polar surface area (TPSA) is 51.2 Å². The third-order valence-corrected chi connectivity index (χ3v) is 3.73. The van der Waals surface area contributed by atoms with Crippen molar-refractivity contribution in [2.45, 2.75) is 13.5 Å². The van der Waals surface area contributed by atoms with Crippen LogP contribution in [0.4, 0.5) is 10.2 Å². The van der Waals surface area contributed by atoms with Crippen LogP contribution in [0.3, 0.4) is 0 Å². The first-order valence-electron chi connectivity index (χ1n) is 7.83. The van der Waals surface area contributed by atoms with E-state index >= 15 is 0 Å². The number of amides is 1. The Labute approximate surface area is 145 Å². The summed E-state index contributed by atoms with van der Waals surface area (Å²) in [5.41, 5.74) is 2.39. The molecule has 4 nitrogen and oxygen atoms in total.